The Bertz CT molecular complexity index is 1040. The lowest BCUT2D eigenvalue weighted by molar-refractivity contribution is -0.118. The van der Waals surface area contributed by atoms with Gasteiger partial charge in [0.1, 0.15) is 18.2 Å². The molecule has 1 heterocycles. The zero-order valence-corrected chi connectivity index (χ0v) is 19.3. The zero-order valence-electron chi connectivity index (χ0n) is 17.8. The van der Waals surface area contributed by atoms with Gasteiger partial charge in [-0.1, -0.05) is 85.3 Å². The molecule has 0 aliphatic heterocycles. The van der Waals surface area contributed by atoms with E-state index in [1.54, 1.807) is 24.4 Å². The second-order valence-corrected chi connectivity index (χ2v) is 9.07. The van der Waals surface area contributed by atoms with Gasteiger partial charge in [0.2, 0.25) is 5.91 Å². The van der Waals surface area contributed by atoms with Crippen LogP contribution >= 0.6 is 23.2 Å². The monoisotopic (exact) mass is 468 g/mol. The lowest BCUT2D eigenvalue weighted by atomic mass is 9.87. The molecule has 4 nitrogen and oxygen atoms in total. The Labute approximate surface area is 198 Å². The van der Waals surface area contributed by atoms with E-state index < -0.39 is 0 Å². The van der Waals surface area contributed by atoms with Crippen molar-refractivity contribution in [1.29, 1.82) is 0 Å². The van der Waals surface area contributed by atoms with Crippen molar-refractivity contribution >= 4 is 34.9 Å². The van der Waals surface area contributed by atoms with Crippen molar-refractivity contribution < 1.29 is 9.53 Å². The number of halogens is 2. The molecule has 1 aliphatic carbocycles. The minimum Gasteiger partial charge on any atom is -0.487 e. The molecule has 166 valence electrons. The summed E-state index contributed by atoms with van der Waals surface area (Å²) in [6.45, 7) is 0.467. The number of pyridine rings is 1. The molecular weight excluding hydrogens is 443 g/mol. The highest BCUT2D eigenvalue weighted by molar-refractivity contribution is 6.42. The fourth-order valence-electron chi connectivity index (χ4n) is 4.20. The molecule has 3 aromatic rings. The van der Waals surface area contributed by atoms with Gasteiger partial charge in [0.25, 0.3) is 0 Å². The van der Waals surface area contributed by atoms with Gasteiger partial charge in [0.15, 0.2) is 0 Å². The number of rotatable bonds is 8. The van der Waals surface area contributed by atoms with Crippen LogP contribution in [0.3, 0.4) is 0 Å². The number of nitrogens with zero attached hydrogens (tertiary/aromatic N) is 1. The van der Waals surface area contributed by atoms with Gasteiger partial charge in [-0.05, 0) is 47.7 Å². The van der Waals surface area contributed by atoms with E-state index in [1.807, 2.05) is 42.5 Å². The third-order valence-electron chi connectivity index (χ3n) is 5.94. The van der Waals surface area contributed by atoms with Gasteiger partial charge in [-0.25, -0.2) is 4.98 Å². The normalized spacial score (nSPS) is 14.8. The van der Waals surface area contributed by atoms with Crippen molar-refractivity contribution in [2.24, 2.45) is 5.92 Å². The predicted molar refractivity (Wildman–Crippen MR) is 129 cm³/mol. The molecule has 1 amide bonds. The van der Waals surface area contributed by atoms with Crippen LogP contribution in [-0.2, 0) is 11.4 Å². The molecule has 32 heavy (non-hydrogen) atoms. The van der Waals surface area contributed by atoms with Crippen LogP contribution < -0.4 is 10.1 Å². The van der Waals surface area contributed by atoms with Gasteiger partial charge in [-0.3, -0.25) is 4.79 Å². The molecular formula is C26H26Cl2N2O2. The van der Waals surface area contributed by atoms with Crippen molar-refractivity contribution in [3.05, 3.63) is 88.0 Å². The highest BCUT2D eigenvalue weighted by atomic mass is 35.5. The molecule has 2 aromatic carbocycles. The Morgan fingerprint density at radius 3 is 2.50 bits per heavy atom. The summed E-state index contributed by atoms with van der Waals surface area (Å²) >= 11 is 12.3. The summed E-state index contributed by atoms with van der Waals surface area (Å²) in [5.41, 5.74) is 1.97. The number of nitrogens with one attached hydrogen (secondary N) is 1. The summed E-state index contributed by atoms with van der Waals surface area (Å²) in [4.78, 5) is 17.6. The summed E-state index contributed by atoms with van der Waals surface area (Å²) in [5.74, 6) is 1.31. The summed E-state index contributed by atoms with van der Waals surface area (Å²) in [6, 6.07) is 19.0. The van der Waals surface area contributed by atoms with Gasteiger partial charge < -0.3 is 10.1 Å². The molecule has 0 bridgehead atoms. The molecule has 1 saturated carbocycles. The average Bonchev–Trinajstić information content (AvgIpc) is 3.33. The van der Waals surface area contributed by atoms with E-state index in [9.17, 15) is 4.79 Å². The van der Waals surface area contributed by atoms with Crippen LogP contribution in [0.25, 0.3) is 0 Å². The number of amides is 1. The zero-order chi connectivity index (χ0) is 22.3. The fourth-order valence-corrected chi connectivity index (χ4v) is 4.50. The highest BCUT2D eigenvalue weighted by Crippen LogP contribution is 2.36. The SMILES string of the molecule is O=C(Nc1ccc(OCc2ccccc2)cn1)C(CC1CCCC1)c1ccc(Cl)c(Cl)c1. The van der Waals surface area contributed by atoms with Gasteiger partial charge in [-0.15, -0.1) is 0 Å². The van der Waals surface area contributed by atoms with Gasteiger partial charge in [0, 0.05) is 0 Å². The van der Waals surface area contributed by atoms with Crippen LogP contribution in [0.1, 0.15) is 49.1 Å². The Morgan fingerprint density at radius 1 is 1.03 bits per heavy atom. The summed E-state index contributed by atoms with van der Waals surface area (Å²) in [5, 5.41) is 3.92. The third-order valence-corrected chi connectivity index (χ3v) is 6.68. The molecule has 1 N–H and O–H groups in total. The Balaban J connectivity index is 1.43. The minimum absolute atomic E-state index is 0.0826. The lowest BCUT2D eigenvalue weighted by Crippen LogP contribution is -2.23. The molecule has 1 atom stereocenters. The Morgan fingerprint density at radius 2 is 1.81 bits per heavy atom. The smallest absolute Gasteiger partial charge is 0.233 e. The molecule has 0 radical (unpaired) electrons. The van der Waals surface area contributed by atoms with Crippen molar-refractivity contribution in [3.8, 4) is 5.75 Å². The number of benzene rings is 2. The number of hydrogen-bond donors (Lipinski definition) is 1. The van der Waals surface area contributed by atoms with E-state index in [0.29, 0.717) is 34.1 Å². The predicted octanol–water partition coefficient (Wildman–Crippen LogP) is 7.27. The Hall–Kier alpha value is -2.56. The van der Waals surface area contributed by atoms with Crippen LogP contribution in [0.15, 0.2) is 66.9 Å². The molecule has 1 aromatic heterocycles. The molecule has 1 unspecified atom stereocenters. The molecule has 0 spiro atoms. The molecule has 1 aliphatic rings. The summed E-state index contributed by atoms with van der Waals surface area (Å²) in [7, 11) is 0. The third kappa shape index (κ3) is 6.02. The largest absolute Gasteiger partial charge is 0.487 e. The van der Waals surface area contributed by atoms with E-state index in [4.69, 9.17) is 27.9 Å². The fraction of sp³-hybridized carbons (Fsp3) is 0.308. The second-order valence-electron chi connectivity index (χ2n) is 8.25. The number of aromatic nitrogens is 1. The minimum atomic E-state index is -0.302. The van der Waals surface area contributed by atoms with Crippen LogP contribution in [0.5, 0.6) is 5.75 Å². The maximum atomic E-state index is 13.2. The van der Waals surface area contributed by atoms with Crippen LogP contribution in [-0.4, -0.2) is 10.9 Å². The quantitative estimate of drug-likeness (QED) is 0.378. The van der Waals surface area contributed by atoms with Crippen molar-refractivity contribution in [1.82, 2.24) is 4.98 Å². The summed E-state index contributed by atoms with van der Waals surface area (Å²) < 4.78 is 5.78. The van der Waals surface area contributed by atoms with Gasteiger partial charge >= 0.3 is 0 Å². The van der Waals surface area contributed by atoms with Gasteiger partial charge in [-0.2, -0.15) is 0 Å². The van der Waals surface area contributed by atoms with E-state index in [0.717, 1.165) is 30.4 Å². The first-order valence-electron chi connectivity index (χ1n) is 11.0. The van der Waals surface area contributed by atoms with Crippen LogP contribution in [0, 0.1) is 5.92 Å². The number of ether oxygens (including phenoxy) is 1. The highest BCUT2D eigenvalue weighted by Gasteiger charge is 2.27. The van der Waals surface area contributed by atoms with Gasteiger partial charge in [0.05, 0.1) is 22.2 Å². The molecule has 4 rings (SSSR count). The van der Waals surface area contributed by atoms with Crippen LogP contribution in [0.2, 0.25) is 10.0 Å². The first-order valence-corrected chi connectivity index (χ1v) is 11.7. The van der Waals surface area contributed by atoms with Crippen LogP contribution in [0.4, 0.5) is 5.82 Å². The standard InChI is InChI=1S/C26H26Cl2N2O2/c27-23-12-10-20(15-24(23)28)22(14-18-6-4-5-7-18)26(31)30-25-13-11-21(16-29-25)32-17-19-8-2-1-3-9-19/h1-3,8-13,15-16,18,22H,4-7,14,17H2,(H,29,30,31). The van der Waals surface area contributed by atoms with E-state index in [1.165, 1.54) is 12.8 Å². The number of carbonyl (C=O) groups excluding carboxylic acids is 1. The second kappa shape index (κ2) is 10.8. The Kier molecular flexibility index (Phi) is 7.67. The maximum Gasteiger partial charge on any atom is 0.233 e. The summed E-state index contributed by atoms with van der Waals surface area (Å²) in [6.07, 6.45) is 7.21. The topological polar surface area (TPSA) is 51.2 Å². The molecule has 0 saturated heterocycles. The number of hydrogen-bond acceptors (Lipinski definition) is 3. The van der Waals surface area contributed by atoms with Crippen molar-refractivity contribution in [2.45, 2.75) is 44.6 Å². The molecule has 6 heteroatoms. The average molecular weight is 469 g/mol. The first kappa shape index (κ1) is 22.6. The van der Waals surface area contributed by atoms with Crippen molar-refractivity contribution in [2.75, 3.05) is 5.32 Å². The first-order chi connectivity index (χ1) is 15.6. The van der Waals surface area contributed by atoms with E-state index in [2.05, 4.69) is 10.3 Å². The lowest BCUT2D eigenvalue weighted by Gasteiger charge is -2.21. The maximum absolute atomic E-state index is 13.2. The van der Waals surface area contributed by atoms with E-state index in [-0.39, 0.29) is 11.8 Å². The number of anilines is 1. The number of carbonyl (C=O) groups is 1. The van der Waals surface area contributed by atoms with Crippen molar-refractivity contribution in [3.63, 3.8) is 0 Å². The van der Waals surface area contributed by atoms with E-state index >= 15 is 0 Å². The molecule has 1 fully saturated rings.